The van der Waals surface area contributed by atoms with Crippen molar-refractivity contribution >= 4 is 22.4 Å². The molecule has 0 radical (unpaired) electrons. The molecular weight excluding hydrogens is 387 g/mol. The maximum Gasteiger partial charge on any atom is 0.408 e. The summed E-state index contributed by atoms with van der Waals surface area (Å²) in [5.41, 5.74) is 6.20. The predicted molar refractivity (Wildman–Crippen MR) is 98.0 cm³/mol. The van der Waals surface area contributed by atoms with Crippen LogP contribution in [0, 0.1) is 10.1 Å². The van der Waals surface area contributed by atoms with E-state index in [4.69, 9.17) is 5.73 Å². The number of nitrogens with one attached hydrogen (secondary N) is 3. The number of thiazole rings is 1. The second kappa shape index (κ2) is 11.2. The summed E-state index contributed by atoms with van der Waals surface area (Å²) in [6, 6.07) is 0. The minimum Gasteiger partial charge on any atom is -0.370 e. The number of nitrogens with zero attached hydrogens (tertiary/aromatic N) is 3. The maximum atomic E-state index is 12.1. The van der Waals surface area contributed by atoms with Crippen LogP contribution in [0.5, 0.6) is 0 Å². The Morgan fingerprint density at radius 2 is 2.19 bits per heavy atom. The zero-order valence-corrected chi connectivity index (χ0v) is 15.5. The van der Waals surface area contributed by atoms with E-state index in [0.29, 0.717) is 23.9 Å². The highest BCUT2D eigenvalue weighted by molar-refractivity contribution is 7.13. The van der Waals surface area contributed by atoms with Crippen molar-refractivity contribution in [2.24, 2.45) is 10.7 Å². The molecule has 0 aliphatic carbocycles. The zero-order valence-electron chi connectivity index (χ0n) is 14.7. The van der Waals surface area contributed by atoms with Gasteiger partial charge in [-0.3, -0.25) is 10.1 Å². The van der Waals surface area contributed by atoms with Crippen molar-refractivity contribution < 1.29 is 18.1 Å². The van der Waals surface area contributed by atoms with Crippen LogP contribution in [0.2, 0.25) is 0 Å². The molecule has 0 amide bonds. The molecule has 5 N–H and O–H groups in total. The number of anilines is 1. The number of aromatic nitrogens is 1. The van der Waals surface area contributed by atoms with E-state index in [0.717, 1.165) is 31.2 Å². The third-order valence-electron chi connectivity index (χ3n) is 3.14. The van der Waals surface area contributed by atoms with E-state index in [1.807, 2.05) is 0 Å². The number of unbranched alkanes of at least 4 members (excludes halogenated alkanes) is 2. The van der Waals surface area contributed by atoms with Gasteiger partial charge in [0.25, 0.3) is 6.20 Å². The van der Waals surface area contributed by atoms with Gasteiger partial charge in [-0.25, -0.2) is 9.98 Å². The van der Waals surface area contributed by atoms with Gasteiger partial charge < -0.3 is 21.7 Å². The summed E-state index contributed by atoms with van der Waals surface area (Å²) in [5.74, 6) is 0.0161. The molecule has 1 rings (SSSR count). The van der Waals surface area contributed by atoms with Crippen molar-refractivity contribution in [2.45, 2.75) is 31.9 Å². The monoisotopic (exact) mass is 409 g/mol. The first-order valence-corrected chi connectivity index (χ1v) is 8.92. The molecule has 0 aliphatic rings. The Hall–Kier alpha value is -2.57. The number of aliphatic imine (C=N–C) groups is 1. The molecule has 0 unspecified atom stereocenters. The van der Waals surface area contributed by atoms with Crippen LogP contribution in [0.1, 0.15) is 25.0 Å². The molecule has 1 aromatic heterocycles. The molecule has 27 heavy (non-hydrogen) atoms. The number of aryl methyl sites for hydroxylation is 1. The van der Waals surface area contributed by atoms with E-state index in [1.165, 1.54) is 11.3 Å². The first-order chi connectivity index (χ1) is 12.7. The molecule has 152 valence electrons. The normalized spacial score (nSPS) is 12.7. The number of nitrogens with two attached hydrogens (primary N) is 1. The molecule has 9 nitrogen and oxygen atoms in total. The second-order valence-electron chi connectivity index (χ2n) is 5.40. The van der Waals surface area contributed by atoms with Gasteiger partial charge in [-0.2, -0.15) is 13.2 Å². The quantitative estimate of drug-likeness (QED) is 0.145. The highest BCUT2D eigenvalue weighted by Crippen LogP contribution is 2.18. The largest absolute Gasteiger partial charge is 0.408 e. The molecule has 0 aromatic carbocycles. The molecule has 0 bridgehead atoms. The lowest BCUT2D eigenvalue weighted by molar-refractivity contribution is -0.404. The zero-order chi connectivity index (χ0) is 20.3. The smallest absolute Gasteiger partial charge is 0.370 e. The Bertz CT molecular complexity index is 661. The highest BCUT2D eigenvalue weighted by Gasteiger charge is 2.26. The van der Waals surface area contributed by atoms with E-state index < -0.39 is 17.6 Å². The molecule has 0 saturated carbocycles. The number of halogens is 3. The van der Waals surface area contributed by atoms with Crippen LogP contribution in [-0.2, 0) is 6.42 Å². The standard InChI is InChI=1S/C14H22F3N7O2S/c1-19-11(7-24(25)26)20-6-4-2-3-5-10-8-27-13(22-10)23-12(18)21-9-14(15,16)17/h7-8,19-20H,2-6,9H2,1H3,(H3,18,21,22,23)/b11-7+. The lowest BCUT2D eigenvalue weighted by atomic mass is 10.1. The lowest BCUT2D eigenvalue weighted by Crippen LogP contribution is -2.25. The summed E-state index contributed by atoms with van der Waals surface area (Å²) in [6.07, 6.45) is -0.255. The van der Waals surface area contributed by atoms with E-state index in [9.17, 15) is 23.3 Å². The fourth-order valence-corrected chi connectivity index (χ4v) is 2.69. The van der Waals surface area contributed by atoms with Gasteiger partial charge in [0.05, 0.1) is 10.6 Å². The van der Waals surface area contributed by atoms with E-state index in [2.05, 4.69) is 25.9 Å². The lowest BCUT2D eigenvalue weighted by Gasteiger charge is -2.07. The SMILES string of the molecule is CN/C(=C\[N+](=O)[O-])NCCCCCc1csc(N/C(N)=N\CC(F)(F)F)n1. The van der Waals surface area contributed by atoms with Crippen LogP contribution in [-0.4, -0.2) is 42.2 Å². The third kappa shape index (κ3) is 10.9. The maximum absolute atomic E-state index is 12.1. The van der Waals surface area contributed by atoms with E-state index >= 15 is 0 Å². The van der Waals surface area contributed by atoms with Crippen molar-refractivity contribution in [3.05, 3.63) is 33.2 Å². The molecular formula is C14H22F3N7O2S. The number of nitro groups is 1. The number of guanidine groups is 1. The van der Waals surface area contributed by atoms with Gasteiger partial charge in [-0.15, -0.1) is 11.3 Å². The fourth-order valence-electron chi connectivity index (χ4n) is 1.94. The van der Waals surface area contributed by atoms with Crippen molar-refractivity contribution in [2.75, 3.05) is 25.5 Å². The van der Waals surface area contributed by atoms with Gasteiger partial charge in [0.15, 0.2) is 16.9 Å². The Labute approximate surface area is 158 Å². The van der Waals surface area contributed by atoms with Crippen molar-refractivity contribution in [3.63, 3.8) is 0 Å². The van der Waals surface area contributed by atoms with Gasteiger partial charge in [0.1, 0.15) is 6.54 Å². The predicted octanol–water partition coefficient (Wildman–Crippen LogP) is 2.03. The Morgan fingerprint density at radius 3 is 2.81 bits per heavy atom. The van der Waals surface area contributed by atoms with Gasteiger partial charge in [-0.1, -0.05) is 6.42 Å². The van der Waals surface area contributed by atoms with Crippen LogP contribution < -0.4 is 21.7 Å². The molecule has 13 heteroatoms. The third-order valence-corrected chi connectivity index (χ3v) is 3.95. The first kappa shape index (κ1) is 22.5. The van der Waals surface area contributed by atoms with Gasteiger partial charge in [0.2, 0.25) is 0 Å². The Kier molecular flexibility index (Phi) is 9.33. The van der Waals surface area contributed by atoms with Crippen LogP contribution in [0.3, 0.4) is 0 Å². The first-order valence-electron chi connectivity index (χ1n) is 8.04. The van der Waals surface area contributed by atoms with Crippen molar-refractivity contribution in [1.29, 1.82) is 0 Å². The number of hydrogen-bond donors (Lipinski definition) is 4. The Balaban J connectivity index is 2.26. The van der Waals surface area contributed by atoms with Crippen LogP contribution in [0.4, 0.5) is 18.3 Å². The summed E-state index contributed by atoms with van der Waals surface area (Å²) in [6.45, 7) is -0.749. The minimum absolute atomic E-state index is 0.331. The van der Waals surface area contributed by atoms with Crippen LogP contribution >= 0.6 is 11.3 Å². The van der Waals surface area contributed by atoms with Gasteiger partial charge >= 0.3 is 6.18 Å². The summed E-state index contributed by atoms with van der Waals surface area (Å²) in [7, 11) is 1.59. The van der Waals surface area contributed by atoms with Crippen molar-refractivity contribution in [3.8, 4) is 0 Å². The van der Waals surface area contributed by atoms with Gasteiger partial charge in [0, 0.05) is 19.0 Å². The molecule has 0 spiro atoms. The molecule has 1 aromatic rings. The summed E-state index contributed by atoms with van der Waals surface area (Å²) in [5, 5.41) is 20.7. The summed E-state index contributed by atoms with van der Waals surface area (Å²) < 4.78 is 36.2. The summed E-state index contributed by atoms with van der Waals surface area (Å²) >= 11 is 1.24. The highest BCUT2D eigenvalue weighted by atomic mass is 32.1. The van der Waals surface area contributed by atoms with Crippen LogP contribution in [0.15, 0.2) is 22.4 Å². The van der Waals surface area contributed by atoms with E-state index in [-0.39, 0.29) is 5.96 Å². The molecule has 1 heterocycles. The molecule has 0 aliphatic heterocycles. The second-order valence-corrected chi connectivity index (χ2v) is 6.26. The summed E-state index contributed by atoms with van der Waals surface area (Å²) in [4.78, 5) is 17.3. The average molecular weight is 409 g/mol. The number of hydrogen-bond acceptors (Lipinski definition) is 7. The molecule has 0 saturated heterocycles. The fraction of sp³-hybridized carbons (Fsp3) is 0.571. The topological polar surface area (TPSA) is 130 Å². The van der Waals surface area contributed by atoms with Gasteiger partial charge in [-0.05, 0) is 19.3 Å². The molecule has 0 fully saturated rings. The van der Waals surface area contributed by atoms with E-state index in [1.54, 1.807) is 12.4 Å². The minimum atomic E-state index is -4.40. The number of alkyl halides is 3. The molecule has 0 atom stereocenters. The average Bonchev–Trinajstić information content (AvgIpc) is 3.01. The Morgan fingerprint density at radius 1 is 1.44 bits per heavy atom. The van der Waals surface area contributed by atoms with Crippen LogP contribution in [0.25, 0.3) is 0 Å². The number of rotatable bonds is 11. The van der Waals surface area contributed by atoms with Crippen molar-refractivity contribution in [1.82, 2.24) is 15.6 Å².